The van der Waals surface area contributed by atoms with Crippen molar-refractivity contribution in [1.82, 2.24) is 0 Å². The molecule has 0 aromatic heterocycles. The van der Waals surface area contributed by atoms with Crippen LogP contribution in [-0.4, -0.2) is 47.1 Å². The minimum absolute atomic E-state index is 0.172. The first-order chi connectivity index (χ1) is 9.19. The van der Waals surface area contributed by atoms with Gasteiger partial charge in [-0.3, -0.25) is 4.79 Å². The van der Waals surface area contributed by atoms with Gasteiger partial charge in [0.15, 0.2) is 11.5 Å². The number of ether oxygens (including phenoxy) is 2. The van der Waals surface area contributed by atoms with E-state index in [9.17, 15) is 4.79 Å². The maximum Gasteiger partial charge on any atom is 0.234 e. The van der Waals surface area contributed by atoms with Crippen molar-refractivity contribution in [2.45, 2.75) is 6.10 Å². The number of aliphatic hydroxyl groups excluding tert-OH is 2. The van der Waals surface area contributed by atoms with Crippen molar-refractivity contribution >= 4 is 23.4 Å². The van der Waals surface area contributed by atoms with Crippen LogP contribution in [0.15, 0.2) is 18.2 Å². The van der Waals surface area contributed by atoms with Crippen LogP contribution in [0.5, 0.6) is 11.5 Å². The van der Waals surface area contributed by atoms with Gasteiger partial charge in [-0.05, 0) is 12.1 Å². The summed E-state index contributed by atoms with van der Waals surface area (Å²) >= 11 is 1.26. The molecule has 0 radical (unpaired) electrons. The second-order valence-corrected chi connectivity index (χ2v) is 5.00. The van der Waals surface area contributed by atoms with E-state index in [4.69, 9.17) is 19.7 Å². The molecule has 1 aliphatic heterocycles. The Kier molecular flexibility index (Phi) is 4.89. The van der Waals surface area contributed by atoms with Crippen LogP contribution in [0, 0.1) is 0 Å². The summed E-state index contributed by atoms with van der Waals surface area (Å²) < 4.78 is 10.4. The molecule has 0 aliphatic carbocycles. The largest absolute Gasteiger partial charge is 0.454 e. The Hall–Kier alpha value is -1.44. The van der Waals surface area contributed by atoms with Crippen molar-refractivity contribution in [3.63, 3.8) is 0 Å². The average molecular weight is 285 g/mol. The normalized spacial score (nSPS) is 14.2. The van der Waals surface area contributed by atoms with Gasteiger partial charge in [0.2, 0.25) is 12.7 Å². The summed E-state index contributed by atoms with van der Waals surface area (Å²) in [6.07, 6.45) is -0.789. The minimum atomic E-state index is -0.789. The quantitative estimate of drug-likeness (QED) is 0.703. The van der Waals surface area contributed by atoms with Gasteiger partial charge in [0, 0.05) is 17.5 Å². The third-order valence-corrected chi connectivity index (χ3v) is 3.50. The molecule has 0 bridgehead atoms. The lowest BCUT2D eigenvalue weighted by Crippen LogP contribution is -2.19. The zero-order chi connectivity index (χ0) is 13.7. The number of thioether (sulfide) groups is 1. The van der Waals surface area contributed by atoms with Gasteiger partial charge < -0.3 is 25.0 Å². The van der Waals surface area contributed by atoms with Gasteiger partial charge in [0.05, 0.1) is 18.5 Å². The van der Waals surface area contributed by atoms with E-state index >= 15 is 0 Å². The van der Waals surface area contributed by atoms with Crippen molar-refractivity contribution in [3.05, 3.63) is 18.2 Å². The highest BCUT2D eigenvalue weighted by Gasteiger charge is 2.14. The van der Waals surface area contributed by atoms with E-state index in [0.29, 0.717) is 22.9 Å². The zero-order valence-corrected chi connectivity index (χ0v) is 11.0. The number of carbonyl (C=O) groups is 1. The molecule has 104 valence electrons. The average Bonchev–Trinajstić information content (AvgIpc) is 2.85. The lowest BCUT2D eigenvalue weighted by atomic mass is 10.3. The first-order valence-electron chi connectivity index (χ1n) is 5.75. The van der Waals surface area contributed by atoms with Crippen LogP contribution in [0.2, 0.25) is 0 Å². The predicted octanol–water partition coefficient (Wildman–Crippen LogP) is 0.440. The van der Waals surface area contributed by atoms with Crippen LogP contribution >= 0.6 is 11.8 Å². The van der Waals surface area contributed by atoms with E-state index in [1.165, 1.54) is 11.8 Å². The van der Waals surface area contributed by atoms with Crippen LogP contribution in [-0.2, 0) is 4.79 Å². The molecule has 0 fully saturated rings. The third-order valence-electron chi connectivity index (χ3n) is 2.41. The number of aliphatic hydroxyl groups is 2. The molecule has 1 unspecified atom stereocenters. The fraction of sp³-hybridized carbons (Fsp3) is 0.417. The predicted molar refractivity (Wildman–Crippen MR) is 71.6 cm³/mol. The lowest BCUT2D eigenvalue weighted by Gasteiger charge is -2.08. The molecule has 6 nitrogen and oxygen atoms in total. The van der Waals surface area contributed by atoms with Gasteiger partial charge in [0.1, 0.15) is 0 Å². The summed E-state index contributed by atoms with van der Waals surface area (Å²) in [4.78, 5) is 11.6. The number of carbonyl (C=O) groups excluding carboxylic acids is 1. The monoisotopic (exact) mass is 285 g/mol. The highest BCUT2D eigenvalue weighted by atomic mass is 32.2. The molecule has 1 aliphatic rings. The van der Waals surface area contributed by atoms with E-state index < -0.39 is 6.10 Å². The Labute approximate surface area is 114 Å². The Morgan fingerprint density at radius 3 is 3.00 bits per heavy atom. The molecule has 1 atom stereocenters. The Bertz CT molecular complexity index is 454. The van der Waals surface area contributed by atoms with Crippen LogP contribution in [0.3, 0.4) is 0 Å². The Morgan fingerprint density at radius 1 is 1.42 bits per heavy atom. The summed E-state index contributed by atoms with van der Waals surface area (Å²) in [6.45, 7) is -0.0988. The highest BCUT2D eigenvalue weighted by Crippen LogP contribution is 2.34. The minimum Gasteiger partial charge on any atom is -0.454 e. The molecule has 1 amide bonds. The number of benzene rings is 1. The van der Waals surface area contributed by atoms with Gasteiger partial charge in [-0.15, -0.1) is 11.8 Å². The number of hydrogen-bond donors (Lipinski definition) is 3. The second kappa shape index (κ2) is 6.65. The van der Waals surface area contributed by atoms with Crippen LogP contribution < -0.4 is 14.8 Å². The van der Waals surface area contributed by atoms with Crippen molar-refractivity contribution in [2.75, 3.05) is 30.2 Å². The van der Waals surface area contributed by atoms with E-state index in [1.54, 1.807) is 18.2 Å². The Balaban J connectivity index is 1.79. The first kappa shape index (κ1) is 14.0. The van der Waals surface area contributed by atoms with Gasteiger partial charge in [0.25, 0.3) is 0 Å². The first-order valence-corrected chi connectivity index (χ1v) is 6.90. The molecule has 0 saturated heterocycles. The molecule has 1 aromatic rings. The maximum absolute atomic E-state index is 11.6. The Morgan fingerprint density at radius 2 is 2.21 bits per heavy atom. The molecule has 1 aromatic carbocycles. The van der Waals surface area contributed by atoms with E-state index in [-0.39, 0.29) is 25.1 Å². The summed E-state index contributed by atoms with van der Waals surface area (Å²) in [6, 6.07) is 5.17. The molecule has 0 spiro atoms. The summed E-state index contributed by atoms with van der Waals surface area (Å²) in [5.74, 6) is 1.64. The molecule has 1 heterocycles. The van der Waals surface area contributed by atoms with Crippen molar-refractivity contribution < 1.29 is 24.5 Å². The van der Waals surface area contributed by atoms with Crippen molar-refractivity contribution in [3.8, 4) is 11.5 Å². The number of nitrogens with one attached hydrogen (secondary N) is 1. The van der Waals surface area contributed by atoms with Crippen LogP contribution in [0.25, 0.3) is 0 Å². The second-order valence-electron chi connectivity index (χ2n) is 3.97. The van der Waals surface area contributed by atoms with Gasteiger partial charge >= 0.3 is 0 Å². The van der Waals surface area contributed by atoms with Gasteiger partial charge in [-0.2, -0.15) is 0 Å². The summed E-state index contributed by atoms with van der Waals surface area (Å²) in [5, 5.41) is 20.5. The summed E-state index contributed by atoms with van der Waals surface area (Å²) in [7, 11) is 0. The van der Waals surface area contributed by atoms with Gasteiger partial charge in [-0.25, -0.2) is 0 Å². The topological polar surface area (TPSA) is 88.0 Å². The maximum atomic E-state index is 11.6. The van der Waals surface area contributed by atoms with Crippen LogP contribution in [0.1, 0.15) is 0 Å². The molecule has 7 heteroatoms. The summed E-state index contributed by atoms with van der Waals surface area (Å²) in [5.41, 5.74) is 0.637. The molecule has 0 saturated carbocycles. The number of fused-ring (bicyclic) bond motifs is 1. The molecule has 19 heavy (non-hydrogen) atoms. The standard InChI is InChI=1S/C12H15NO5S/c14-4-9(15)5-19-6-12(16)13-8-1-2-10-11(3-8)18-7-17-10/h1-3,9,14-15H,4-7H2,(H,13,16). The zero-order valence-electron chi connectivity index (χ0n) is 10.2. The molecule has 3 N–H and O–H groups in total. The van der Waals surface area contributed by atoms with Crippen molar-refractivity contribution in [1.29, 1.82) is 0 Å². The smallest absolute Gasteiger partial charge is 0.234 e. The third kappa shape index (κ3) is 4.02. The van der Waals surface area contributed by atoms with Gasteiger partial charge in [-0.1, -0.05) is 0 Å². The van der Waals surface area contributed by atoms with Crippen molar-refractivity contribution in [2.24, 2.45) is 0 Å². The lowest BCUT2D eigenvalue weighted by molar-refractivity contribution is -0.113. The van der Waals surface area contributed by atoms with Crippen LogP contribution in [0.4, 0.5) is 5.69 Å². The fourth-order valence-electron chi connectivity index (χ4n) is 1.51. The number of rotatable bonds is 6. The number of amides is 1. The highest BCUT2D eigenvalue weighted by molar-refractivity contribution is 8.00. The molecule has 2 rings (SSSR count). The SMILES string of the molecule is O=C(CSCC(O)CO)Nc1ccc2c(c1)OCO2. The number of hydrogen-bond acceptors (Lipinski definition) is 6. The molecular weight excluding hydrogens is 270 g/mol. The van der Waals surface area contributed by atoms with E-state index in [0.717, 1.165) is 0 Å². The van der Waals surface area contributed by atoms with E-state index in [1.807, 2.05) is 0 Å². The fourth-order valence-corrected chi connectivity index (χ4v) is 2.26. The molecular formula is C12H15NO5S. The number of anilines is 1. The van der Waals surface area contributed by atoms with E-state index in [2.05, 4.69) is 5.32 Å².